The van der Waals surface area contributed by atoms with Crippen molar-refractivity contribution in [2.75, 3.05) is 14.2 Å². The van der Waals surface area contributed by atoms with Crippen molar-refractivity contribution < 1.29 is 9.53 Å². The topological polar surface area (TPSA) is 56.1 Å². The highest BCUT2D eigenvalue weighted by atomic mass is 32.2. The van der Waals surface area contributed by atoms with E-state index in [1.54, 1.807) is 18.0 Å². The minimum Gasteiger partial charge on any atom is -0.468 e. The molecule has 1 aliphatic rings. The molecule has 2 atom stereocenters. The summed E-state index contributed by atoms with van der Waals surface area (Å²) in [5, 5.41) is 4.53. The number of carbonyl (C=O) groups excluding carboxylic acids is 1. The molecule has 1 saturated carbocycles. The lowest BCUT2D eigenvalue weighted by molar-refractivity contribution is -0.148. The third-order valence-corrected chi connectivity index (χ3v) is 4.91. The van der Waals surface area contributed by atoms with Crippen LogP contribution in [0, 0.1) is 0 Å². The summed E-state index contributed by atoms with van der Waals surface area (Å²) in [5.74, 6) is -0.159. The third-order valence-electron chi connectivity index (χ3n) is 3.57. The van der Waals surface area contributed by atoms with E-state index >= 15 is 0 Å². The number of nitrogens with zero attached hydrogens (tertiary/aromatic N) is 2. The Morgan fingerprint density at radius 1 is 1.72 bits per heavy atom. The van der Waals surface area contributed by atoms with Crippen molar-refractivity contribution in [3.8, 4) is 0 Å². The lowest BCUT2D eigenvalue weighted by Gasteiger charge is -2.25. The van der Waals surface area contributed by atoms with Crippen LogP contribution in [0.25, 0.3) is 0 Å². The molecule has 2 unspecified atom stereocenters. The van der Waals surface area contributed by atoms with Crippen LogP contribution in [0.4, 0.5) is 0 Å². The van der Waals surface area contributed by atoms with Gasteiger partial charge >= 0.3 is 5.97 Å². The fourth-order valence-corrected chi connectivity index (χ4v) is 3.68. The summed E-state index contributed by atoms with van der Waals surface area (Å²) in [6.07, 6.45) is 6.32. The predicted molar refractivity (Wildman–Crippen MR) is 70.5 cm³/mol. The van der Waals surface area contributed by atoms with Gasteiger partial charge in [0.2, 0.25) is 0 Å². The Bertz CT molecular complexity index is 435. The number of carbonyl (C=O) groups is 1. The van der Waals surface area contributed by atoms with Crippen LogP contribution in [0.1, 0.15) is 19.3 Å². The second-order valence-corrected chi connectivity index (χ2v) is 5.89. The first-order valence-electron chi connectivity index (χ1n) is 6.02. The Kier molecular flexibility index (Phi) is 3.97. The van der Waals surface area contributed by atoms with E-state index in [1.165, 1.54) is 7.11 Å². The molecule has 0 aromatic carbocycles. The maximum Gasteiger partial charge on any atom is 0.326 e. The summed E-state index contributed by atoms with van der Waals surface area (Å²) in [6.45, 7) is 0. The van der Waals surface area contributed by atoms with E-state index in [1.807, 2.05) is 24.9 Å². The van der Waals surface area contributed by atoms with Crippen molar-refractivity contribution in [3.05, 3.63) is 12.4 Å². The van der Waals surface area contributed by atoms with E-state index in [0.717, 1.165) is 24.4 Å². The van der Waals surface area contributed by atoms with Gasteiger partial charge in [0.1, 0.15) is 5.54 Å². The Balaban J connectivity index is 2.03. The molecule has 2 rings (SSSR count). The third kappa shape index (κ3) is 2.40. The fourth-order valence-electron chi connectivity index (χ4n) is 2.43. The summed E-state index contributed by atoms with van der Waals surface area (Å²) < 4.78 is 6.91. The molecular weight excluding hydrogens is 250 g/mol. The van der Waals surface area contributed by atoms with Gasteiger partial charge in [-0.25, -0.2) is 4.98 Å². The summed E-state index contributed by atoms with van der Waals surface area (Å²) in [5.41, 5.74) is -0.516. The first-order chi connectivity index (χ1) is 8.61. The monoisotopic (exact) mass is 269 g/mol. The molecule has 1 fully saturated rings. The van der Waals surface area contributed by atoms with Crippen molar-refractivity contribution >= 4 is 17.7 Å². The van der Waals surface area contributed by atoms with Gasteiger partial charge in [0.15, 0.2) is 5.16 Å². The van der Waals surface area contributed by atoms with E-state index in [2.05, 4.69) is 10.3 Å². The Morgan fingerprint density at radius 2 is 2.50 bits per heavy atom. The van der Waals surface area contributed by atoms with Gasteiger partial charge in [0.05, 0.1) is 7.11 Å². The number of esters is 1. The zero-order valence-electron chi connectivity index (χ0n) is 11.0. The number of methoxy groups -OCH3 is 1. The summed E-state index contributed by atoms with van der Waals surface area (Å²) in [4.78, 5) is 16.2. The molecule has 100 valence electrons. The number of hydrogen-bond donors (Lipinski definition) is 1. The van der Waals surface area contributed by atoms with Crippen molar-refractivity contribution in [1.29, 1.82) is 0 Å². The van der Waals surface area contributed by atoms with Gasteiger partial charge in [-0.2, -0.15) is 0 Å². The summed E-state index contributed by atoms with van der Waals surface area (Å²) in [6, 6.07) is 0. The molecule has 6 heteroatoms. The van der Waals surface area contributed by atoms with Crippen LogP contribution < -0.4 is 5.32 Å². The Labute approximate surface area is 111 Å². The van der Waals surface area contributed by atoms with Gasteiger partial charge in [-0.1, -0.05) is 11.8 Å². The van der Waals surface area contributed by atoms with Crippen LogP contribution in [-0.4, -0.2) is 40.5 Å². The van der Waals surface area contributed by atoms with E-state index in [-0.39, 0.29) is 5.97 Å². The molecule has 0 aliphatic heterocycles. The molecule has 1 heterocycles. The van der Waals surface area contributed by atoms with E-state index in [0.29, 0.717) is 5.25 Å². The van der Waals surface area contributed by atoms with Crippen LogP contribution in [-0.2, 0) is 16.6 Å². The van der Waals surface area contributed by atoms with Crippen LogP contribution in [0.3, 0.4) is 0 Å². The molecule has 1 aromatic rings. The van der Waals surface area contributed by atoms with Gasteiger partial charge < -0.3 is 14.6 Å². The average molecular weight is 269 g/mol. The molecule has 5 nitrogen and oxygen atoms in total. The summed E-state index contributed by atoms with van der Waals surface area (Å²) >= 11 is 1.73. The normalized spacial score (nSPS) is 27.4. The zero-order chi connectivity index (χ0) is 13.2. The number of hydrogen-bond acceptors (Lipinski definition) is 5. The SMILES string of the molecule is CNC1(C(=O)OC)CCC(Sc2nccn2C)C1. The summed E-state index contributed by atoms with van der Waals surface area (Å²) in [7, 11) is 5.25. The van der Waals surface area contributed by atoms with Gasteiger partial charge in [-0.15, -0.1) is 0 Å². The molecule has 1 N–H and O–H groups in total. The number of rotatable bonds is 4. The largest absolute Gasteiger partial charge is 0.468 e. The number of thioether (sulfide) groups is 1. The van der Waals surface area contributed by atoms with Crippen LogP contribution >= 0.6 is 11.8 Å². The fraction of sp³-hybridized carbons (Fsp3) is 0.667. The smallest absolute Gasteiger partial charge is 0.326 e. The number of aromatic nitrogens is 2. The number of ether oxygens (including phenoxy) is 1. The highest BCUT2D eigenvalue weighted by molar-refractivity contribution is 7.99. The molecule has 0 amide bonds. The molecule has 0 bridgehead atoms. The Morgan fingerprint density at radius 3 is 3.06 bits per heavy atom. The molecule has 18 heavy (non-hydrogen) atoms. The van der Waals surface area contributed by atoms with Gasteiger partial charge in [0, 0.05) is 24.7 Å². The maximum atomic E-state index is 11.9. The van der Waals surface area contributed by atoms with Crippen LogP contribution in [0.2, 0.25) is 0 Å². The highest BCUT2D eigenvalue weighted by Gasteiger charge is 2.45. The van der Waals surface area contributed by atoms with Crippen LogP contribution in [0.15, 0.2) is 17.6 Å². The van der Waals surface area contributed by atoms with E-state index in [4.69, 9.17) is 4.74 Å². The van der Waals surface area contributed by atoms with E-state index in [9.17, 15) is 4.79 Å². The van der Waals surface area contributed by atoms with Crippen molar-refractivity contribution in [1.82, 2.24) is 14.9 Å². The van der Waals surface area contributed by atoms with Crippen molar-refractivity contribution in [2.24, 2.45) is 7.05 Å². The second-order valence-electron chi connectivity index (χ2n) is 4.63. The molecule has 1 aliphatic carbocycles. The van der Waals surface area contributed by atoms with E-state index < -0.39 is 5.54 Å². The molecular formula is C12H19N3O2S. The molecule has 0 spiro atoms. The zero-order valence-corrected chi connectivity index (χ0v) is 11.8. The number of imidazole rings is 1. The average Bonchev–Trinajstić information content (AvgIpc) is 2.97. The van der Waals surface area contributed by atoms with Crippen molar-refractivity contribution in [2.45, 2.75) is 35.2 Å². The number of nitrogens with one attached hydrogen (secondary N) is 1. The minimum absolute atomic E-state index is 0.159. The maximum absolute atomic E-state index is 11.9. The predicted octanol–water partition coefficient (Wildman–Crippen LogP) is 1.20. The van der Waals surface area contributed by atoms with Gasteiger partial charge in [-0.3, -0.25) is 4.79 Å². The highest BCUT2D eigenvalue weighted by Crippen LogP contribution is 2.40. The van der Waals surface area contributed by atoms with Gasteiger partial charge in [0.25, 0.3) is 0 Å². The first-order valence-corrected chi connectivity index (χ1v) is 6.90. The lowest BCUT2D eigenvalue weighted by atomic mass is 9.98. The van der Waals surface area contributed by atoms with Crippen molar-refractivity contribution in [3.63, 3.8) is 0 Å². The molecule has 0 saturated heterocycles. The quantitative estimate of drug-likeness (QED) is 0.832. The minimum atomic E-state index is -0.516. The molecule has 0 radical (unpaired) electrons. The Hall–Kier alpha value is -1.01. The van der Waals surface area contributed by atoms with Gasteiger partial charge in [-0.05, 0) is 26.3 Å². The number of likely N-dealkylation sites (N-methyl/N-ethyl adjacent to an activating group) is 1. The van der Waals surface area contributed by atoms with Crippen LogP contribution in [0.5, 0.6) is 0 Å². The second kappa shape index (κ2) is 5.32. The molecule has 1 aromatic heterocycles. The lowest BCUT2D eigenvalue weighted by Crippen LogP contribution is -2.49. The first kappa shape index (κ1) is 13.4. The standard InChI is InChI=1S/C12H19N3O2S/c1-13-12(10(16)17-3)5-4-9(8-12)18-11-14-6-7-15(11)2/h6-7,9,13H,4-5,8H2,1-3H3. The number of aryl methyl sites for hydroxylation is 1.